The van der Waals surface area contributed by atoms with E-state index in [-0.39, 0.29) is 28.3 Å². The normalized spacial score (nSPS) is 12.5. The lowest BCUT2D eigenvalue weighted by molar-refractivity contribution is -0.154. The number of nitrogen functional groups attached to an aromatic ring is 1. The summed E-state index contributed by atoms with van der Waals surface area (Å²) in [5.41, 5.74) is 6.50. The largest absolute Gasteiger partial charge is 0.451 e. The first kappa shape index (κ1) is 25.0. The highest BCUT2D eigenvalue weighted by molar-refractivity contribution is 5.84. The quantitative estimate of drug-likeness (QED) is 0.283. The van der Waals surface area contributed by atoms with Crippen molar-refractivity contribution in [1.29, 1.82) is 0 Å². The van der Waals surface area contributed by atoms with E-state index in [2.05, 4.69) is 37.6 Å². The van der Waals surface area contributed by atoms with Gasteiger partial charge in [0.2, 0.25) is 23.7 Å². The van der Waals surface area contributed by atoms with Crippen molar-refractivity contribution in [2.75, 3.05) is 12.8 Å². The number of H-pyrrole nitrogens is 1. The van der Waals surface area contributed by atoms with Gasteiger partial charge in [0.1, 0.15) is 5.69 Å². The molecule has 3 heterocycles. The molecule has 13 heteroatoms. The number of carbonyl (C=O) groups excluding carboxylic acids is 1. The third-order valence-electron chi connectivity index (χ3n) is 4.67. The zero-order valence-corrected chi connectivity index (χ0v) is 18.4. The second kappa shape index (κ2) is 10.1. The summed E-state index contributed by atoms with van der Waals surface area (Å²) in [5, 5.41) is 5.47. The van der Waals surface area contributed by atoms with E-state index in [4.69, 9.17) is 5.73 Å². The second-order valence-corrected chi connectivity index (χ2v) is 7.04. The van der Waals surface area contributed by atoms with Crippen molar-refractivity contribution in [3.63, 3.8) is 0 Å². The molecule has 0 saturated heterocycles. The van der Waals surface area contributed by atoms with E-state index >= 15 is 0 Å². The van der Waals surface area contributed by atoms with Crippen molar-refractivity contribution < 1.29 is 22.4 Å². The lowest BCUT2D eigenvalue weighted by atomic mass is 10.0. The molecular formula is C22H20F3N7O3. The van der Waals surface area contributed by atoms with Crippen LogP contribution in [0.1, 0.15) is 17.1 Å². The maximum absolute atomic E-state index is 13.2. The van der Waals surface area contributed by atoms with Crippen molar-refractivity contribution in [2.45, 2.75) is 12.7 Å². The molecule has 0 fully saturated rings. The minimum Gasteiger partial charge on any atom is -0.439 e. The smallest absolute Gasteiger partial charge is 0.439 e. The first-order valence-electron chi connectivity index (χ1n) is 9.88. The predicted molar refractivity (Wildman–Crippen MR) is 122 cm³/mol. The van der Waals surface area contributed by atoms with Crippen molar-refractivity contribution >= 4 is 17.9 Å². The third kappa shape index (κ3) is 5.29. The van der Waals surface area contributed by atoms with Gasteiger partial charge < -0.3 is 15.1 Å². The van der Waals surface area contributed by atoms with Gasteiger partial charge in [0, 0.05) is 30.4 Å². The van der Waals surface area contributed by atoms with Crippen LogP contribution in [-0.4, -0.2) is 38.0 Å². The molecule has 0 atom stereocenters. The molecule has 0 aliphatic carbocycles. The van der Waals surface area contributed by atoms with Gasteiger partial charge in [-0.05, 0) is 6.07 Å². The van der Waals surface area contributed by atoms with E-state index < -0.39 is 24.2 Å². The van der Waals surface area contributed by atoms with Crippen LogP contribution < -0.4 is 16.8 Å². The molecule has 0 amide bonds. The fourth-order valence-electron chi connectivity index (χ4n) is 3.20. The zero-order valence-electron chi connectivity index (χ0n) is 18.4. The highest BCUT2D eigenvalue weighted by Crippen LogP contribution is 2.32. The molecule has 0 radical (unpaired) electrons. The minimum absolute atomic E-state index is 0.0640. The number of aromatic nitrogens is 4. The molecule has 3 rings (SSSR count). The van der Waals surface area contributed by atoms with Crippen LogP contribution in [-0.2, 0) is 17.5 Å². The van der Waals surface area contributed by atoms with E-state index in [0.29, 0.717) is 23.9 Å². The van der Waals surface area contributed by atoms with Crippen LogP contribution in [0.25, 0.3) is 16.7 Å². The van der Waals surface area contributed by atoms with E-state index in [1.165, 1.54) is 37.5 Å². The van der Waals surface area contributed by atoms with Gasteiger partial charge in [-0.3, -0.25) is 14.6 Å². The SMILES string of the molecule is C=C/C=C(\C=C)c1nc(N)n(C=O)/c(=N\N(C)Cc2ncoc2C(F)(F)F)c1-c1ccc(=O)[nH]c1. The van der Waals surface area contributed by atoms with Gasteiger partial charge in [-0.25, -0.2) is 14.5 Å². The number of allylic oxidation sites excluding steroid dienone is 4. The number of carbonyl (C=O) groups is 1. The number of anilines is 1. The van der Waals surface area contributed by atoms with Gasteiger partial charge in [0.25, 0.3) is 0 Å². The molecule has 0 bridgehead atoms. The number of nitrogens with one attached hydrogen (secondary N) is 1. The highest BCUT2D eigenvalue weighted by atomic mass is 19.4. The van der Waals surface area contributed by atoms with Crippen molar-refractivity contribution in [1.82, 2.24) is 24.5 Å². The number of hydrogen-bond acceptors (Lipinski definition) is 8. The maximum atomic E-state index is 13.2. The summed E-state index contributed by atoms with van der Waals surface area (Å²) < 4.78 is 45.0. The van der Waals surface area contributed by atoms with Crippen LogP contribution >= 0.6 is 0 Å². The van der Waals surface area contributed by atoms with Crippen molar-refractivity contribution in [2.24, 2.45) is 5.10 Å². The number of rotatable bonds is 8. The molecule has 10 nitrogen and oxygen atoms in total. The van der Waals surface area contributed by atoms with Crippen LogP contribution in [0.4, 0.5) is 19.1 Å². The number of oxazole rings is 1. The van der Waals surface area contributed by atoms with Crippen LogP contribution in [0, 0.1) is 0 Å². The van der Waals surface area contributed by atoms with Gasteiger partial charge in [0.05, 0.1) is 17.8 Å². The third-order valence-corrected chi connectivity index (χ3v) is 4.67. The molecule has 3 aromatic rings. The molecule has 182 valence electrons. The lowest BCUT2D eigenvalue weighted by Gasteiger charge is -2.17. The predicted octanol–water partition coefficient (Wildman–Crippen LogP) is 2.57. The number of alkyl halides is 3. The van der Waals surface area contributed by atoms with Gasteiger partial charge in [0.15, 0.2) is 11.9 Å². The van der Waals surface area contributed by atoms with Crippen molar-refractivity contribution in [3.8, 4) is 11.1 Å². The van der Waals surface area contributed by atoms with Crippen molar-refractivity contribution in [3.05, 3.63) is 89.1 Å². The fourth-order valence-corrected chi connectivity index (χ4v) is 3.20. The summed E-state index contributed by atoms with van der Waals surface area (Å²) in [4.78, 5) is 34.0. The van der Waals surface area contributed by atoms with Gasteiger partial charge in [-0.15, -0.1) is 0 Å². The molecule has 0 saturated carbocycles. The van der Waals surface area contributed by atoms with Crippen LogP contribution in [0.15, 0.2) is 70.4 Å². The summed E-state index contributed by atoms with van der Waals surface area (Å²) >= 11 is 0. The molecule has 3 aromatic heterocycles. The number of aromatic amines is 1. The summed E-state index contributed by atoms with van der Waals surface area (Å²) in [6.07, 6.45) is 2.22. The molecule has 0 unspecified atom stereocenters. The van der Waals surface area contributed by atoms with E-state index in [9.17, 15) is 22.8 Å². The number of halogens is 3. The van der Waals surface area contributed by atoms with Crippen LogP contribution in [0.3, 0.4) is 0 Å². The Morgan fingerprint density at radius 3 is 2.69 bits per heavy atom. The first-order chi connectivity index (χ1) is 16.6. The number of hydrogen-bond donors (Lipinski definition) is 2. The Hall–Kier alpha value is -4.68. The average Bonchev–Trinajstić information content (AvgIpc) is 3.27. The van der Waals surface area contributed by atoms with Crippen LogP contribution in [0.2, 0.25) is 0 Å². The Bertz CT molecular complexity index is 1410. The second-order valence-electron chi connectivity index (χ2n) is 7.04. The Kier molecular flexibility index (Phi) is 7.18. The molecule has 0 aliphatic heterocycles. The zero-order chi connectivity index (χ0) is 25.8. The molecule has 0 aliphatic rings. The van der Waals surface area contributed by atoms with E-state index in [0.717, 1.165) is 9.58 Å². The van der Waals surface area contributed by atoms with Gasteiger partial charge in [-0.2, -0.15) is 18.3 Å². The molecular weight excluding hydrogens is 467 g/mol. The summed E-state index contributed by atoms with van der Waals surface area (Å²) in [6, 6.07) is 2.72. The molecule has 35 heavy (non-hydrogen) atoms. The standard InChI is InChI=1S/C22H20F3N7O3/c1-4-6-13(5-2)18-17(14-7-8-16(34)27-9-14)20(32(12-33)21(26)29-18)30-31(3)10-15-19(22(23,24)25)35-11-28-15/h4-9,11-12H,1-2,10H2,3H3,(H2,26,29)(H,27,34)/b13-6+,30-20-. The Balaban J connectivity index is 2.32. The van der Waals surface area contributed by atoms with E-state index in [1.807, 2.05) is 0 Å². The minimum atomic E-state index is -4.75. The topological polar surface area (TPSA) is 135 Å². The maximum Gasteiger partial charge on any atom is 0.451 e. The number of pyridine rings is 1. The summed E-state index contributed by atoms with van der Waals surface area (Å²) in [6.45, 7) is 6.99. The number of nitrogens with two attached hydrogens (primary N) is 1. The molecule has 0 aromatic carbocycles. The molecule has 0 spiro atoms. The fraction of sp³-hybridized carbons (Fsp3) is 0.136. The van der Waals surface area contributed by atoms with E-state index in [1.54, 1.807) is 6.08 Å². The summed E-state index contributed by atoms with van der Waals surface area (Å²) in [7, 11) is 1.38. The Morgan fingerprint density at radius 1 is 1.37 bits per heavy atom. The molecule has 3 N–H and O–H groups in total. The Morgan fingerprint density at radius 2 is 2.11 bits per heavy atom. The lowest BCUT2D eigenvalue weighted by Crippen LogP contribution is -2.31. The van der Waals surface area contributed by atoms with Crippen LogP contribution in [0.5, 0.6) is 0 Å². The van der Waals surface area contributed by atoms with Gasteiger partial charge in [-0.1, -0.05) is 31.4 Å². The monoisotopic (exact) mass is 487 g/mol. The highest BCUT2D eigenvalue weighted by Gasteiger charge is 2.38. The number of nitrogens with zero attached hydrogens (tertiary/aromatic N) is 5. The summed E-state index contributed by atoms with van der Waals surface area (Å²) in [5.74, 6) is -1.51. The van der Waals surface area contributed by atoms with Gasteiger partial charge >= 0.3 is 6.18 Å². The first-order valence-corrected chi connectivity index (χ1v) is 9.88. The Labute approximate surface area is 196 Å². The average molecular weight is 487 g/mol.